The number of hydrogen-bond acceptors (Lipinski definition) is 6. The quantitative estimate of drug-likeness (QED) is 0.466. The third-order valence-corrected chi connectivity index (χ3v) is 4.29. The van der Waals surface area contributed by atoms with Gasteiger partial charge in [0.25, 0.3) is 0 Å². The van der Waals surface area contributed by atoms with Crippen LogP contribution in [0, 0.1) is 0 Å². The molecular weight excluding hydrogens is 348 g/mol. The molecule has 0 spiro atoms. The number of cyclic esters (lactones) is 1. The van der Waals surface area contributed by atoms with Crippen molar-refractivity contribution in [2.24, 2.45) is 0 Å². The first-order valence-electron chi connectivity index (χ1n) is 8.33. The largest absolute Gasteiger partial charge is 0.452 e. The van der Waals surface area contributed by atoms with Crippen molar-refractivity contribution in [3.63, 3.8) is 0 Å². The summed E-state index contributed by atoms with van der Waals surface area (Å²) in [5.74, 6) is -1.69. The molecule has 0 N–H and O–H groups in total. The maximum Gasteiger partial charge on any atom is 0.375 e. The van der Waals surface area contributed by atoms with Gasteiger partial charge in [0.15, 0.2) is 0 Å². The molecule has 0 saturated heterocycles. The smallest absolute Gasteiger partial charge is 0.375 e. The molecule has 0 saturated carbocycles. The minimum atomic E-state index is -0.690. The van der Waals surface area contributed by atoms with E-state index >= 15 is 0 Å². The second-order valence-electron chi connectivity index (χ2n) is 6.28. The molecule has 1 aliphatic rings. The Labute approximate surface area is 156 Å². The normalized spacial score (nSPS) is 16.3. The van der Waals surface area contributed by atoms with E-state index in [9.17, 15) is 14.4 Å². The number of carbonyl (C=O) groups is 3. The summed E-state index contributed by atoms with van der Waals surface area (Å²) in [5, 5.41) is 1.10. The van der Waals surface area contributed by atoms with Crippen molar-refractivity contribution >= 4 is 28.7 Å². The minimum absolute atomic E-state index is 0.0885. The Balaban J connectivity index is 1.98. The standard InChI is InChI=1S/C21H18O6/c1-11(2)19(22)26-17-10-6-7-14-15(17)8-5-9-16(14)20(23)27-18-12(3)13(4)25-21(18)24/h5-10,13H,1H2,2-4H3. The highest BCUT2D eigenvalue weighted by atomic mass is 16.6. The van der Waals surface area contributed by atoms with E-state index in [1.54, 1.807) is 57.2 Å². The van der Waals surface area contributed by atoms with E-state index in [-0.39, 0.29) is 16.9 Å². The van der Waals surface area contributed by atoms with Gasteiger partial charge < -0.3 is 14.2 Å². The van der Waals surface area contributed by atoms with E-state index in [2.05, 4.69) is 6.58 Å². The van der Waals surface area contributed by atoms with Crippen molar-refractivity contribution in [1.29, 1.82) is 0 Å². The number of hydrogen-bond donors (Lipinski definition) is 0. The topological polar surface area (TPSA) is 78.9 Å². The molecule has 0 fully saturated rings. The summed E-state index contributed by atoms with van der Waals surface area (Å²) in [5.41, 5.74) is 1.07. The molecule has 0 radical (unpaired) electrons. The third kappa shape index (κ3) is 3.46. The van der Waals surface area contributed by atoms with Crippen molar-refractivity contribution in [2.75, 3.05) is 0 Å². The number of esters is 3. The van der Waals surface area contributed by atoms with Crippen LogP contribution in [-0.4, -0.2) is 24.0 Å². The Morgan fingerprint density at radius 1 is 1.07 bits per heavy atom. The molecule has 1 aliphatic heterocycles. The van der Waals surface area contributed by atoms with Crippen molar-refractivity contribution in [3.05, 3.63) is 65.4 Å². The van der Waals surface area contributed by atoms with Gasteiger partial charge >= 0.3 is 17.9 Å². The van der Waals surface area contributed by atoms with Gasteiger partial charge in [0.1, 0.15) is 11.9 Å². The summed E-state index contributed by atoms with van der Waals surface area (Å²) in [6.07, 6.45) is -0.430. The summed E-state index contributed by atoms with van der Waals surface area (Å²) >= 11 is 0. The monoisotopic (exact) mass is 366 g/mol. The molecule has 0 aliphatic carbocycles. The summed E-state index contributed by atoms with van der Waals surface area (Å²) in [7, 11) is 0. The lowest BCUT2D eigenvalue weighted by Crippen LogP contribution is -2.11. The lowest BCUT2D eigenvalue weighted by atomic mass is 10.0. The van der Waals surface area contributed by atoms with E-state index in [4.69, 9.17) is 14.2 Å². The first-order valence-corrected chi connectivity index (χ1v) is 8.33. The fraction of sp³-hybridized carbons (Fsp3) is 0.190. The highest BCUT2D eigenvalue weighted by Crippen LogP contribution is 2.30. The van der Waals surface area contributed by atoms with Crippen LogP contribution in [0.15, 0.2) is 59.9 Å². The molecule has 0 amide bonds. The highest BCUT2D eigenvalue weighted by molar-refractivity contribution is 6.08. The third-order valence-electron chi connectivity index (χ3n) is 4.29. The molecule has 6 heteroatoms. The molecular formula is C21H18O6. The summed E-state index contributed by atoms with van der Waals surface area (Å²) in [4.78, 5) is 36.3. The van der Waals surface area contributed by atoms with Gasteiger partial charge in [-0.05, 0) is 38.3 Å². The molecule has 6 nitrogen and oxygen atoms in total. The van der Waals surface area contributed by atoms with Crippen LogP contribution >= 0.6 is 0 Å². The Morgan fingerprint density at radius 3 is 2.37 bits per heavy atom. The molecule has 1 unspecified atom stereocenters. The van der Waals surface area contributed by atoms with Gasteiger partial charge in [-0.2, -0.15) is 0 Å². The van der Waals surface area contributed by atoms with Gasteiger partial charge in [0, 0.05) is 16.5 Å². The number of ether oxygens (including phenoxy) is 3. The second-order valence-corrected chi connectivity index (χ2v) is 6.28. The molecule has 1 atom stereocenters. The van der Waals surface area contributed by atoms with E-state index in [1.807, 2.05) is 0 Å². The average Bonchev–Trinajstić information content (AvgIpc) is 2.87. The first kappa shape index (κ1) is 18.4. The molecule has 0 bridgehead atoms. The van der Waals surface area contributed by atoms with Crippen LogP contribution in [0.4, 0.5) is 0 Å². The molecule has 1 heterocycles. The van der Waals surface area contributed by atoms with Crippen LogP contribution < -0.4 is 4.74 Å². The van der Waals surface area contributed by atoms with E-state index in [0.717, 1.165) is 0 Å². The molecule has 0 aromatic heterocycles. The van der Waals surface area contributed by atoms with Crippen molar-refractivity contribution < 1.29 is 28.6 Å². The lowest BCUT2D eigenvalue weighted by Gasteiger charge is -2.10. The predicted octanol–water partition coefficient (Wildman–Crippen LogP) is 3.70. The van der Waals surface area contributed by atoms with Gasteiger partial charge in [0.05, 0.1) is 5.56 Å². The molecule has 138 valence electrons. The zero-order valence-corrected chi connectivity index (χ0v) is 15.2. The molecule has 3 rings (SSSR count). The van der Waals surface area contributed by atoms with Crippen molar-refractivity contribution in [3.8, 4) is 5.75 Å². The van der Waals surface area contributed by atoms with Gasteiger partial charge in [0.2, 0.25) is 5.76 Å². The minimum Gasteiger partial charge on any atom is -0.452 e. The number of benzene rings is 2. The first-order chi connectivity index (χ1) is 12.8. The predicted molar refractivity (Wildman–Crippen MR) is 98.1 cm³/mol. The number of carbonyl (C=O) groups excluding carboxylic acids is 3. The maximum absolute atomic E-state index is 12.7. The van der Waals surface area contributed by atoms with Crippen LogP contribution in [0.3, 0.4) is 0 Å². The SMILES string of the molecule is C=C(C)C(=O)Oc1cccc2c(C(=O)OC3=C(C)C(C)OC3=O)cccc12. The average molecular weight is 366 g/mol. The number of fused-ring (bicyclic) bond motifs is 1. The Morgan fingerprint density at radius 2 is 1.74 bits per heavy atom. The van der Waals surface area contributed by atoms with Gasteiger partial charge in [-0.25, -0.2) is 14.4 Å². The molecule has 27 heavy (non-hydrogen) atoms. The van der Waals surface area contributed by atoms with Crippen LogP contribution in [0.25, 0.3) is 10.8 Å². The van der Waals surface area contributed by atoms with Crippen LogP contribution in [-0.2, 0) is 19.1 Å². The van der Waals surface area contributed by atoms with Gasteiger partial charge in [-0.15, -0.1) is 0 Å². The van der Waals surface area contributed by atoms with Gasteiger partial charge in [-0.1, -0.05) is 30.8 Å². The lowest BCUT2D eigenvalue weighted by molar-refractivity contribution is -0.141. The summed E-state index contributed by atoms with van der Waals surface area (Å²) in [6, 6.07) is 9.95. The van der Waals surface area contributed by atoms with Crippen LogP contribution in [0.1, 0.15) is 31.1 Å². The van der Waals surface area contributed by atoms with E-state index in [1.165, 1.54) is 0 Å². The van der Waals surface area contributed by atoms with Crippen molar-refractivity contribution in [2.45, 2.75) is 26.9 Å². The van der Waals surface area contributed by atoms with Crippen LogP contribution in [0.2, 0.25) is 0 Å². The van der Waals surface area contributed by atoms with Gasteiger partial charge in [-0.3, -0.25) is 0 Å². The fourth-order valence-corrected chi connectivity index (χ4v) is 2.65. The summed E-state index contributed by atoms with van der Waals surface area (Å²) < 4.78 is 15.7. The molecule has 2 aromatic carbocycles. The van der Waals surface area contributed by atoms with E-state index < -0.39 is 24.0 Å². The highest BCUT2D eigenvalue weighted by Gasteiger charge is 2.32. The Bertz CT molecular complexity index is 1010. The molecule has 2 aromatic rings. The fourth-order valence-electron chi connectivity index (χ4n) is 2.65. The maximum atomic E-state index is 12.7. The summed E-state index contributed by atoms with van der Waals surface area (Å²) in [6.45, 7) is 8.49. The number of rotatable bonds is 4. The Kier molecular flexibility index (Phi) is 4.81. The van der Waals surface area contributed by atoms with E-state index in [0.29, 0.717) is 22.1 Å². The second kappa shape index (κ2) is 7.07. The van der Waals surface area contributed by atoms with Crippen molar-refractivity contribution in [1.82, 2.24) is 0 Å². The Hall–Kier alpha value is -3.41. The zero-order chi connectivity index (χ0) is 19.7. The zero-order valence-electron chi connectivity index (χ0n) is 15.2. The van der Waals surface area contributed by atoms with Crippen LogP contribution in [0.5, 0.6) is 5.75 Å².